The molecule has 0 aliphatic carbocycles. The average Bonchev–Trinajstić information content (AvgIpc) is 3.02. The van der Waals surface area contributed by atoms with Crippen molar-refractivity contribution in [2.75, 3.05) is 11.1 Å². The second-order valence-corrected chi connectivity index (χ2v) is 6.08. The van der Waals surface area contributed by atoms with E-state index in [2.05, 4.69) is 40.8 Å². The van der Waals surface area contributed by atoms with E-state index >= 15 is 0 Å². The SMILES string of the molecule is CCCC(Nc1ccnc2c(N)cccc12)c1cccs1. The molecule has 1 aromatic carbocycles. The Morgan fingerprint density at radius 3 is 2.90 bits per heavy atom. The maximum Gasteiger partial charge on any atom is 0.0951 e. The van der Waals surface area contributed by atoms with Gasteiger partial charge in [0.25, 0.3) is 0 Å². The molecule has 3 aromatic rings. The first-order valence-electron chi connectivity index (χ1n) is 7.22. The predicted molar refractivity (Wildman–Crippen MR) is 91.7 cm³/mol. The van der Waals surface area contributed by atoms with Gasteiger partial charge in [0.15, 0.2) is 0 Å². The van der Waals surface area contributed by atoms with Crippen LogP contribution >= 0.6 is 11.3 Å². The Hall–Kier alpha value is -2.07. The summed E-state index contributed by atoms with van der Waals surface area (Å²) in [5, 5.41) is 6.87. The number of benzene rings is 1. The second-order valence-electron chi connectivity index (χ2n) is 5.10. The Labute approximate surface area is 128 Å². The summed E-state index contributed by atoms with van der Waals surface area (Å²) in [5.41, 5.74) is 8.70. The van der Waals surface area contributed by atoms with E-state index in [0.29, 0.717) is 6.04 Å². The third-order valence-corrected chi connectivity index (χ3v) is 4.58. The van der Waals surface area contributed by atoms with Gasteiger partial charge in [-0.3, -0.25) is 4.98 Å². The molecule has 0 spiro atoms. The van der Waals surface area contributed by atoms with Crippen LogP contribution < -0.4 is 11.1 Å². The van der Waals surface area contributed by atoms with Crippen LogP contribution in [0.2, 0.25) is 0 Å². The summed E-state index contributed by atoms with van der Waals surface area (Å²) >= 11 is 1.80. The molecule has 3 nitrogen and oxygen atoms in total. The van der Waals surface area contributed by atoms with Gasteiger partial charge in [0.05, 0.1) is 17.2 Å². The van der Waals surface area contributed by atoms with Crippen LogP contribution in [0.1, 0.15) is 30.7 Å². The van der Waals surface area contributed by atoms with Gasteiger partial charge in [0, 0.05) is 22.1 Å². The second kappa shape index (κ2) is 6.14. The van der Waals surface area contributed by atoms with E-state index in [1.165, 1.54) is 4.88 Å². The summed E-state index contributed by atoms with van der Waals surface area (Å²) in [6.45, 7) is 2.21. The molecular formula is C17H19N3S. The fourth-order valence-corrected chi connectivity index (χ4v) is 3.39. The minimum atomic E-state index is 0.335. The fraction of sp³-hybridized carbons (Fsp3) is 0.235. The van der Waals surface area contributed by atoms with Gasteiger partial charge in [-0.1, -0.05) is 31.5 Å². The van der Waals surface area contributed by atoms with E-state index in [1.54, 1.807) is 11.3 Å². The molecule has 2 heterocycles. The minimum Gasteiger partial charge on any atom is -0.397 e. The van der Waals surface area contributed by atoms with E-state index < -0.39 is 0 Å². The number of rotatable bonds is 5. The van der Waals surface area contributed by atoms with Crippen LogP contribution in [0.5, 0.6) is 0 Å². The molecule has 1 unspecified atom stereocenters. The van der Waals surface area contributed by atoms with Gasteiger partial charge < -0.3 is 11.1 Å². The zero-order chi connectivity index (χ0) is 14.7. The molecule has 0 saturated heterocycles. The first kappa shape index (κ1) is 13.9. The normalized spacial score (nSPS) is 12.4. The molecule has 1 atom stereocenters. The molecule has 0 amide bonds. The number of nitrogen functional groups attached to an aromatic ring is 1. The Bertz CT molecular complexity index is 722. The van der Waals surface area contributed by atoms with E-state index in [0.717, 1.165) is 35.1 Å². The Balaban J connectivity index is 1.98. The molecule has 0 saturated carbocycles. The standard InChI is InChI=1S/C17H19N3S/c1-2-5-15(16-8-4-11-21-16)20-14-9-10-19-17-12(14)6-3-7-13(17)18/h3-4,6-11,15H,2,5,18H2,1H3,(H,19,20). The number of fused-ring (bicyclic) bond motifs is 1. The van der Waals surface area contributed by atoms with E-state index in [-0.39, 0.29) is 0 Å². The molecule has 0 aliphatic heterocycles. The third kappa shape index (κ3) is 2.85. The van der Waals surface area contributed by atoms with Crippen molar-refractivity contribution in [3.8, 4) is 0 Å². The first-order valence-corrected chi connectivity index (χ1v) is 8.10. The van der Waals surface area contributed by atoms with Crippen LogP contribution in [-0.4, -0.2) is 4.98 Å². The fourth-order valence-electron chi connectivity index (χ4n) is 2.58. The summed E-state index contributed by atoms with van der Waals surface area (Å²) in [6, 6.07) is 12.6. The van der Waals surface area contributed by atoms with Crippen molar-refractivity contribution in [3.05, 3.63) is 52.9 Å². The largest absolute Gasteiger partial charge is 0.397 e. The van der Waals surface area contributed by atoms with Crippen molar-refractivity contribution in [1.82, 2.24) is 4.98 Å². The zero-order valence-corrected chi connectivity index (χ0v) is 12.9. The number of pyridine rings is 1. The van der Waals surface area contributed by atoms with Gasteiger partial charge in [0.2, 0.25) is 0 Å². The lowest BCUT2D eigenvalue weighted by atomic mass is 10.1. The van der Waals surface area contributed by atoms with Crippen molar-refractivity contribution in [1.29, 1.82) is 0 Å². The molecule has 0 radical (unpaired) electrons. The maximum absolute atomic E-state index is 6.02. The number of hydrogen-bond acceptors (Lipinski definition) is 4. The van der Waals surface area contributed by atoms with Crippen molar-refractivity contribution in [3.63, 3.8) is 0 Å². The summed E-state index contributed by atoms with van der Waals surface area (Å²) in [5.74, 6) is 0. The summed E-state index contributed by atoms with van der Waals surface area (Å²) in [4.78, 5) is 5.76. The smallest absolute Gasteiger partial charge is 0.0951 e. The van der Waals surface area contributed by atoms with Crippen molar-refractivity contribution in [2.24, 2.45) is 0 Å². The molecule has 4 heteroatoms. The number of nitrogens with two attached hydrogens (primary N) is 1. The molecule has 21 heavy (non-hydrogen) atoms. The number of thiophene rings is 1. The van der Waals surface area contributed by atoms with Gasteiger partial charge in [-0.05, 0) is 30.0 Å². The van der Waals surface area contributed by atoms with Crippen molar-refractivity contribution < 1.29 is 0 Å². The van der Waals surface area contributed by atoms with Gasteiger partial charge in [-0.15, -0.1) is 11.3 Å². The number of anilines is 2. The highest BCUT2D eigenvalue weighted by Gasteiger charge is 2.13. The summed E-state index contributed by atoms with van der Waals surface area (Å²) < 4.78 is 0. The molecule has 0 bridgehead atoms. The molecule has 0 fully saturated rings. The summed E-state index contributed by atoms with van der Waals surface area (Å²) in [7, 11) is 0. The molecular weight excluding hydrogens is 278 g/mol. The highest BCUT2D eigenvalue weighted by atomic mass is 32.1. The number of para-hydroxylation sites is 1. The minimum absolute atomic E-state index is 0.335. The quantitative estimate of drug-likeness (QED) is 0.663. The number of hydrogen-bond donors (Lipinski definition) is 2. The Morgan fingerprint density at radius 2 is 2.14 bits per heavy atom. The molecule has 3 rings (SSSR count). The number of nitrogens with zero attached hydrogens (tertiary/aromatic N) is 1. The third-order valence-electron chi connectivity index (χ3n) is 3.60. The topological polar surface area (TPSA) is 50.9 Å². The van der Waals surface area contributed by atoms with Gasteiger partial charge in [-0.2, -0.15) is 0 Å². The lowest BCUT2D eigenvalue weighted by Gasteiger charge is -2.19. The van der Waals surface area contributed by atoms with Gasteiger partial charge in [0.1, 0.15) is 0 Å². The lowest BCUT2D eigenvalue weighted by Crippen LogP contribution is -2.09. The van der Waals surface area contributed by atoms with Gasteiger partial charge >= 0.3 is 0 Å². The van der Waals surface area contributed by atoms with Gasteiger partial charge in [-0.25, -0.2) is 0 Å². The monoisotopic (exact) mass is 297 g/mol. The van der Waals surface area contributed by atoms with E-state index in [9.17, 15) is 0 Å². The van der Waals surface area contributed by atoms with Crippen LogP contribution in [0, 0.1) is 0 Å². The van der Waals surface area contributed by atoms with Crippen LogP contribution in [0.15, 0.2) is 48.0 Å². The average molecular weight is 297 g/mol. The van der Waals surface area contributed by atoms with Crippen LogP contribution in [0.25, 0.3) is 10.9 Å². The first-order chi connectivity index (χ1) is 10.3. The highest BCUT2D eigenvalue weighted by Crippen LogP contribution is 2.31. The molecule has 108 valence electrons. The number of nitrogens with one attached hydrogen (secondary N) is 1. The van der Waals surface area contributed by atoms with E-state index in [4.69, 9.17) is 5.73 Å². The maximum atomic E-state index is 6.02. The highest BCUT2D eigenvalue weighted by molar-refractivity contribution is 7.10. The Kier molecular flexibility index (Phi) is 4.06. The van der Waals surface area contributed by atoms with E-state index in [1.807, 2.05) is 24.4 Å². The van der Waals surface area contributed by atoms with Crippen molar-refractivity contribution >= 4 is 33.6 Å². The lowest BCUT2D eigenvalue weighted by molar-refractivity contribution is 0.688. The predicted octanol–water partition coefficient (Wildman–Crippen LogP) is 4.83. The molecule has 0 aliphatic rings. The number of aromatic nitrogens is 1. The van der Waals surface area contributed by atoms with Crippen molar-refractivity contribution in [2.45, 2.75) is 25.8 Å². The Morgan fingerprint density at radius 1 is 1.24 bits per heavy atom. The molecule has 2 aromatic heterocycles. The van der Waals surface area contributed by atoms with Crippen LogP contribution in [0.3, 0.4) is 0 Å². The zero-order valence-electron chi connectivity index (χ0n) is 12.0. The summed E-state index contributed by atoms with van der Waals surface area (Å²) in [6.07, 6.45) is 4.06. The molecule has 3 N–H and O–H groups in total. The van der Waals surface area contributed by atoms with Crippen LogP contribution in [0.4, 0.5) is 11.4 Å². The van der Waals surface area contributed by atoms with Crippen LogP contribution in [-0.2, 0) is 0 Å².